The fourth-order valence-electron chi connectivity index (χ4n) is 3.29. The van der Waals surface area contributed by atoms with Gasteiger partial charge in [-0.3, -0.25) is 15.0 Å². The molecule has 6 heteroatoms. The lowest BCUT2D eigenvalue weighted by molar-refractivity contribution is -0.384. The van der Waals surface area contributed by atoms with E-state index < -0.39 is 0 Å². The number of nitrogens with one attached hydrogen (secondary N) is 1. The van der Waals surface area contributed by atoms with Crippen molar-refractivity contribution in [3.8, 4) is 0 Å². The molecule has 2 unspecified atom stereocenters. The molecule has 0 radical (unpaired) electrons. The Kier molecular flexibility index (Phi) is 4.76. The van der Waals surface area contributed by atoms with Crippen molar-refractivity contribution in [3.05, 3.63) is 63.8 Å². The van der Waals surface area contributed by atoms with Gasteiger partial charge in [0.2, 0.25) is 5.82 Å². The molecule has 0 spiro atoms. The predicted octanol–water partition coefficient (Wildman–Crippen LogP) is 3.23. The van der Waals surface area contributed by atoms with Crippen LogP contribution in [0, 0.1) is 23.0 Å². The van der Waals surface area contributed by atoms with E-state index >= 15 is 0 Å². The van der Waals surface area contributed by atoms with Crippen molar-refractivity contribution in [1.29, 1.82) is 0 Å². The molecule has 0 bridgehead atoms. The molecule has 2 heterocycles. The van der Waals surface area contributed by atoms with E-state index in [2.05, 4.69) is 34.3 Å². The number of nitrogens with zero attached hydrogens (tertiary/aromatic N) is 3. The zero-order valence-corrected chi connectivity index (χ0v) is 14.0. The fourth-order valence-corrected chi connectivity index (χ4v) is 3.29. The van der Waals surface area contributed by atoms with Crippen molar-refractivity contribution < 1.29 is 4.92 Å². The maximum absolute atomic E-state index is 11.3. The topological polar surface area (TPSA) is 71.3 Å². The van der Waals surface area contributed by atoms with Crippen molar-refractivity contribution in [3.63, 3.8) is 0 Å². The normalized spacial score (nSPS) is 20.9. The smallest absolute Gasteiger partial charge is 0.314 e. The summed E-state index contributed by atoms with van der Waals surface area (Å²) in [5, 5.41) is 14.6. The molecular formula is C18H22N4O2. The second kappa shape index (κ2) is 6.97. The molecule has 1 aliphatic heterocycles. The van der Waals surface area contributed by atoms with E-state index in [9.17, 15) is 10.1 Å². The number of hydrogen-bond acceptors (Lipinski definition) is 5. The zero-order chi connectivity index (χ0) is 17.1. The molecule has 1 aromatic carbocycles. The first kappa shape index (κ1) is 16.4. The summed E-state index contributed by atoms with van der Waals surface area (Å²) in [5.41, 5.74) is 1.99. The minimum Gasteiger partial charge on any atom is -0.360 e. The van der Waals surface area contributed by atoms with Crippen LogP contribution in [-0.2, 0) is 6.54 Å². The number of likely N-dealkylation sites (tertiary alicyclic amines) is 1. The van der Waals surface area contributed by atoms with Crippen LogP contribution in [0.4, 0.5) is 11.5 Å². The molecule has 1 fully saturated rings. The lowest BCUT2D eigenvalue weighted by Gasteiger charge is -2.18. The third-order valence-electron chi connectivity index (χ3n) is 4.57. The summed E-state index contributed by atoms with van der Waals surface area (Å²) in [6.45, 7) is 6.62. The van der Waals surface area contributed by atoms with Crippen LogP contribution in [0.5, 0.6) is 0 Å². The van der Waals surface area contributed by atoms with Crippen molar-refractivity contribution in [1.82, 2.24) is 9.88 Å². The predicted molar refractivity (Wildman–Crippen MR) is 93.9 cm³/mol. The highest BCUT2D eigenvalue weighted by atomic mass is 16.6. The van der Waals surface area contributed by atoms with Crippen LogP contribution in [0.25, 0.3) is 0 Å². The van der Waals surface area contributed by atoms with Gasteiger partial charge in [-0.1, -0.05) is 37.3 Å². The first-order chi connectivity index (χ1) is 11.5. The Morgan fingerprint density at radius 3 is 2.75 bits per heavy atom. The van der Waals surface area contributed by atoms with Gasteiger partial charge in [0.05, 0.1) is 4.92 Å². The van der Waals surface area contributed by atoms with Gasteiger partial charge in [-0.25, -0.2) is 4.98 Å². The van der Waals surface area contributed by atoms with Gasteiger partial charge in [0.25, 0.3) is 0 Å². The average Bonchev–Trinajstić information content (AvgIpc) is 2.87. The Labute approximate surface area is 141 Å². The van der Waals surface area contributed by atoms with E-state index in [0.717, 1.165) is 19.6 Å². The highest BCUT2D eigenvalue weighted by molar-refractivity contribution is 5.60. The standard InChI is InChI=1S/C18H22N4O2/c1-13-8-9-19-18(17(13)22(23)24)20-16-12-21(10-14(16)2)11-15-6-4-3-5-7-15/h3-9,14,16H,10-12H2,1-2H3,(H,19,20). The second-order valence-electron chi connectivity index (χ2n) is 6.49. The molecule has 126 valence electrons. The molecule has 0 aliphatic carbocycles. The van der Waals surface area contributed by atoms with Crippen LogP contribution in [0.15, 0.2) is 42.6 Å². The van der Waals surface area contributed by atoms with Crippen LogP contribution in [0.1, 0.15) is 18.1 Å². The van der Waals surface area contributed by atoms with Crippen molar-refractivity contribution in [2.45, 2.75) is 26.4 Å². The summed E-state index contributed by atoms with van der Waals surface area (Å²) in [6, 6.07) is 12.2. The molecule has 3 rings (SSSR count). The molecule has 1 aliphatic rings. The minimum absolute atomic E-state index is 0.0752. The first-order valence-electron chi connectivity index (χ1n) is 8.17. The van der Waals surface area contributed by atoms with Gasteiger partial charge in [0.1, 0.15) is 0 Å². The summed E-state index contributed by atoms with van der Waals surface area (Å²) < 4.78 is 0. The van der Waals surface area contributed by atoms with Crippen molar-refractivity contribution >= 4 is 11.5 Å². The van der Waals surface area contributed by atoms with E-state index in [-0.39, 0.29) is 16.7 Å². The number of rotatable bonds is 5. The maximum atomic E-state index is 11.3. The van der Waals surface area contributed by atoms with E-state index in [1.54, 1.807) is 19.2 Å². The van der Waals surface area contributed by atoms with E-state index in [1.807, 2.05) is 18.2 Å². The van der Waals surface area contributed by atoms with E-state index in [0.29, 0.717) is 17.3 Å². The minimum atomic E-state index is -0.355. The zero-order valence-electron chi connectivity index (χ0n) is 14.0. The molecule has 1 N–H and O–H groups in total. The van der Waals surface area contributed by atoms with Gasteiger partial charge in [0, 0.05) is 37.4 Å². The molecular weight excluding hydrogens is 304 g/mol. The number of nitro groups is 1. The molecule has 24 heavy (non-hydrogen) atoms. The number of benzene rings is 1. The summed E-state index contributed by atoms with van der Waals surface area (Å²) in [4.78, 5) is 17.5. The number of pyridine rings is 1. The maximum Gasteiger partial charge on any atom is 0.314 e. The van der Waals surface area contributed by atoms with Crippen molar-refractivity contribution in [2.75, 3.05) is 18.4 Å². The van der Waals surface area contributed by atoms with Crippen LogP contribution in [0.2, 0.25) is 0 Å². The summed E-state index contributed by atoms with van der Waals surface area (Å²) >= 11 is 0. The van der Waals surface area contributed by atoms with Gasteiger partial charge < -0.3 is 5.32 Å². The highest BCUT2D eigenvalue weighted by Crippen LogP contribution is 2.29. The lowest BCUT2D eigenvalue weighted by atomic mass is 10.1. The quantitative estimate of drug-likeness (QED) is 0.675. The van der Waals surface area contributed by atoms with Gasteiger partial charge >= 0.3 is 5.69 Å². The second-order valence-corrected chi connectivity index (χ2v) is 6.49. The Bertz CT molecular complexity index is 720. The Morgan fingerprint density at radius 2 is 2.04 bits per heavy atom. The van der Waals surface area contributed by atoms with E-state index in [4.69, 9.17) is 0 Å². The van der Waals surface area contributed by atoms with Gasteiger partial charge in [0.15, 0.2) is 0 Å². The molecule has 6 nitrogen and oxygen atoms in total. The summed E-state index contributed by atoms with van der Waals surface area (Å²) in [5.74, 6) is 0.772. The monoisotopic (exact) mass is 326 g/mol. The Balaban J connectivity index is 1.70. The summed E-state index contributed by atoms with van der Waals surface area (Å²) in [6.07, 6.45) is 1.62. The third-order valence-corrected chi connectivity index (χ3v) is 4.57. The van der Waals surface area contributed by atoms with Crippen LogP contribution in [0.3, 0.4) is 0 Å². The van der Waals surface area contributed by atoms with Gasteiger partial charge in [-0.15, -0.1) is 0 Å². The largest absolute Gasteiger partial charge is 0.360 e. The third kappa shape index (κ3) is 3.54. The molecule has 2 aromatic rings. The average molecular weight is 326 g/mol. The van der Waals surface area contributed by atoms with Gasteiger partial charge in [-0.2, -0.15) is 0 Å². The first-order valence-corrected chi connectivity index (χ1v) is 8.17. The van der Waals surface area contributed by atoms with Crippen LogP contribution in [-0.4, -0.2) is 33.9 Å². The van der Waals surface area contributed by atoms with Crippen LogP contribution < -0.4 is 5.32 Å². The fraction of sp³-hybridized carbons (Fsp3) is 0.389. The SMILES string of the molecule is Cc1ccnc(NC2CN(Cc3ccccc3)CC2C)c1[N+](=O)[O-]. The Morgan fingerprint density at radius 1 is 1.29 bits per heavy atom. The van der Waals surface area contributed by atoms with Crippen molar-refractivity contribution in [2.24, 2.45) is 5.92 Å². The number of aryl methyl sites for hydroxylation is 1. The molecule has 1 aromatic heterocycles. The molecule has 1 saturated heterocycles. The molecule has 0 saturated carbocycles. The Hall–Kier alpha value is -2.47. The lowest BCUT2D eigenvalue weighted by Crippen LogP contribution is -2.28. The van der Waals surface area contributed by atoms with E-state index in [1.165, 1.54) is 5.56 Å². The molecule has 0 amide bonds. The van der Waals surface area contributed by atoms with Gasteiger partial charge in [-0.05, 0) is 24.5 Å². The summed E-state index contributed by atoms with van der Waals surface area (Å²) in [7, 11) is 0. The number of anilines is 1. The number of hydrogen-bond donors (Lipinski definition) is 1. The van der Waals surface area contributed by atoms with Crippen LogP contribution >= 0.6 is 0 Å². The highest BCUT2D eigenvalue weighted by Gasteiger charge is 2.31. The molecule has 2 atom stereocenters. The number of aromatic nitrogens is 1.